The number of halogens is 2. The molecule has 0 radical (unpaired) electrons. The van der Waals surface area contributed by atoms with Crippen LogP contribution >= 0.6 is 0 Å². The average molecular weight is 441 g/mol. The van der Waals surface area contributed by atoms with Gasteiger partial charge in [0.25, 0.3) is 17.7 Å². The summed E-state index contributed by atoms with van der Waals surface area (Å²) in [4.78, 5) is 54.3. The summed E-state index contributed by atoms with van der Waals surface area (Å²) >= 11 is 0. The summed E-state index contributed by atoms with van der Waals surface area (Å²) in [5.74, 6) is -3.57. The lowest BCUT2D eigenvalue weighted by atomic mass is 10.1. The van der Waals surface area contributed by atoms with Crippen molar-refractivity contribution in [3.8, 4) is 0 Å². The van der Waals surface area contributed by atoms with E-state index < -0.39 is 29.4 Å². The molecule has 0 bridgehead atoms. The van der Waals surface area contributed by atoms with Gasteiger partial charge in [-0.15, -0.1) is 0 Å². The lowest BCUT2D eigenvalue weighted by molar-refractivity contribution is -0.132. The Balaban J connectivity index is 1.30. The van der Waals surface area contributed by atoms with E-state index in [1.54, 1.807) is 23.1 Å². The normalized spacial score (nSPS) is 15.9. The minimum absolute atomic E-state index is 0.0123. The minimum atomic E-state index is -1.09. The van der Waals surface area contributed by atoms with Crippen molar-refractivity contribution in [3.05, 3.63) is 70.3 Å². The molecule has 2 aromatic rings. The molecular formula is C23H21F2N3O4. The summed E-state index contributed by atoms with van der Waals surface area (Å²) in [5.41, 5.74) is 1.62. The van der Waals surface area contributed by atoms with Crippen LogP contribution < -0.4 is 0 Å². The van der Waals surface area contributed by atoms with Gasteiger partial charge >= 0.3 is 0 Å². The lowest BCUT2D eigenvalue weighted by Crippen LogP contribution is -2.51. The van der Waals surface area contributed by atoms with Crippen LogP contribution in [0.25, 0.3) is 0 Å². The number of rotatable bonds is 4. The van der Waals surface area contributed by atoms with Crippen LogP contribution in [-0.2, 0) is 4.79 Å². The van der Waals surface area contributed by atoms with E-state index in [0.717, 1.165) is 22.6 Å². The van der Waals surface area contributed by atoms with Crippen LogP contribution in [-0.4, -0.2) is 71.1 Å². The van der Waals surface area contributed by atoms with Crippen molar-refractivity contribution in [1.29, 1.82) is 0 Å². The molecule has 2 aliphatic rings. The van der Waals surface area contributed by atoms with Crippen molar-refractivity contribution in [3.63, 3.8) is 0 Å². The third-order valence-corrected chi connectivity index (χ3v) is 5.76. The molecular weight excluding hydrogens is 420 g/mol. The van der Waals surface area contributed by atoms with E-state index in [9.17, 15) is 28.0 Å². The predicted molar refractivity (Wildman–Crippen MR) is 110 cm³/mol. The van der Waals surface area contributed by atoms with Gasteiger partial charge in [-0.25, -0.2) is 8.78 Å². The fraction of sp³-hybridized carbons (Fsp3) is 0.304. The van der Waals surface area contributed by atoms with Crippen molar-refractivity contribution in [1.82, 2.24) is 14.7 Å². The Kier molecular flexibility index (Phi) is 5.73. The SMILES string of the molecule is Cc1ccc2c(c1)C(=O)N(CCC(=O)N1CCN(C(=O)c3ccc(F)c(F)c3)CC1)C2=O. The monoisotopic (exact) mass is 441 g/mol. The van der Waals surface area contributed by atoms with Gasteiger partial charge in [-0.2, -0.15) is 0 Å². The van der Waals surface area contributed by atoms with E-state index in [4.69, 9.17) is 0 Å². The maximum Gasteiger partial charge on any atom is 0.261 e. The quantitative estimate of drug-likeness (QED) is 0.682. The van der Waals surface area contributed by atoms with E-state index in [1.807, 2.05) is 6.92 Å². The van der Waals surface area contributed by atoms with Crippen molar-refractivity contribution in [2.75, 3.05) is 32.7 Å². The molecule has 1 fully saturated rings. The zero-order chi connectivity index (χ0) is 23.0. The molecule has 0 aliphatic carbocycles. The Morgan fingerprint density at radius 3 is 2.19 bits per heavy atom. The number of amides is 4. The summed E-state index contributed by atoms with van der Waals surface area (Å²) in [6.45, 7) is 2.86. The number of benzene rings is 2. The number of hydrogen-bond donors (Lipinski definition) is 0. The van der Waals surface area contributed by atoms with Crippen molar-refractivity contribution in [2.24, 2.45) is 0 Å². The maximum absolute atomic E-state index is 13.4. The van der Waals surface area contributed by atoms with E-state index in [1.165, 1.54) is 11.0 Å². The van der Waals surface area contributed by atoms with E-state index in [-0.39, 0.29) is 50.6 Å². The van der Waals surface area contributed by atoms with Gasteiger partial charge < -0.3 is 9.80 Å². The largest absolute Gasteiger partial charge is 0.339 e. The Morgan fingerprint density at radius 1 is 0.844 bits per heavy atom. The number of hydrogen-bond acceptors (Lipinski definition) is 4. The summed E-state index contributed by atoms with van der Waals surface area (Å²) in [5, 5.41) is 0. The number of carbonyl (C=O) groups excluding carboxylic acids is 4. The van der Waals surface area contributed by atoms with Gasteiger partial charge in [0.2, 0.25) is 5.91 Å². The first-order valence-corrected chi connectivity index (χ1v) is 10.2. The average Bonchev–Trinajstić information content (AvgIpc) is 3.02. The highest BCUT2D eigenvalue weighted by Gasteiger charge is 2.36. The molecule has 0 unspecified atom stereocenters. The number of fused-ring (bicyclic) bond motifs is 1. The van der Waals surface area contributed by atoms with Gasteiger partial charge in [0.1, 0.15) is 0 Å². The predicted octanol–water partition coefficient (Wildman–Crippen LogP) is 2.24. The van der Waals surface area contributed by atoms with Crippen LogP contribution in [0.1, 0.15) is 43.1 Å². The highest BCUT2D eigenvalue weighted by atomic mass is 19.2. The van der Waals surface area contributed by atoms with Crippen LogP contribution in [0.4, 0.5) is 8.78 Å². The molecule has 9 heteroatoms. The number of imide groups is 1. The molecule has 32 heavy (non-hydrogen) atoms. The fourth-order valence-corrected chi connectivity index (χ4v) is 3.94. The second-order valence-corrected chi connectivity index (χ2v) is 7.86. The molecule has 4 amide bonds. The number of nitrogens with zero attached hydrogens (tertiary/aromatic N) is 3. The van der Waals surface area contributed by atoms with Gasteiger partial charge in [0, 0.05) is 44.7 Å². The third kappa shape index (κ3) is 3.98. The van der Waals surface area contributed by atoms with Gasteiger partial charge in [-0.3, -0.25) is 24.1 Å². The highest BCUT2D eigenvalue weighted by Crippen LogP contribution is 2.24. The first-order valence-electron chi connectivity index (χ1n) is 10.2. The Hall–Kier alpha value is -3.62. The molecule has 166 valence electrons. The molecule has 0 spiro atoms. The molecule has 2 aliphatic heterocycles. The van der Waals surface area contributed by atoms with Gasteiger partial charge in [-0.1, -0.05) is 11.6 Å². The molecule has 0 saturated carbocycles. The molecule has 2 heterocycles. The van der Waals surface area contributed by atoms with E-state index in [2.05, 4.69) is 0 Å². The molecule has 4 rings (SSSR count). The zero-order valence-corrected chi connectivity index (χ0v) is 17.4. The Bertz CT molecular complexity index is 1130. The van der Waals surface area contributed by atoms with Crippen LogP contribution in [0.5, 0.6) is 0 Å². The van der Waals surface area contributed by atoms with Gasteiger partial charge in [0.15, 0.2) is 11.6 Å². The van der Waals surface area contributed by atoms with Crippen LogP contribution in [0.3, 0.4) is 0 Å². The summed E-state index contributed by atoms with van der Waals surface area (Å²) in [6.07, 6.45) is -0.0123. The van der Waals surface area contributed by atoms with Crippen molar-refractivity contribution < 1.29 is 28.0 Å². The smallest absolute Gasteiger partial charge is 0.261 e. The fourth-order valence-electron chi connectivity index (χ4n) is 3.94. The van der Waals surface area contributed by atoms with Crippen LogP contribution in [0.2, 0.25) is 0 Å². The van der Waals surface area contributed by atoms with Gasteiger partial charge in [0.05, 0.1) is 11.1 Å². The van der Waals surface area contributed by atoms with E-state index >= 15 is 0 Å². The first kappa shape index (κ1) is 21.6. The maximum atomic E-state index is 13.4. The first-order chi connectivity index (χ1) is 15.3. The molecule has 0 N–H and O–H groups in total. The van der Waals surface area contributed by atoms with Gasteiger partial charge in [-0.05, 0) is 37.3 Å². The number of aryl methyl sites for hydroxylation is 1. The number of piperazine rings is 1. The molecule has 7 nitrogen and oxygen atoms in total. The minimum Gasteiger partial charge on any atom is -0.339 e. The standard InChI is InChI=1S/C23H21F2N3O4/c1-14-2-4-16-17(12-14)23(32)28(22(16)31)7-6-20(29)26-8-10-27(11-9-26)21(30)15-3-5-18(24)19(25)13-15/h2-5,12-13H,6-11H2,1H3. The lowest BCUT2D eigenvalue weighted by Gasteiger charge is -2.35. The third-order valence-electron chi connectivity index (χ3n) is 5.76. The summed E-state index contributed by atoms with van der Waals surface area (Å²) < 4.78 is 26.5. The van der Waals surface area contributed by atoms with Crippen molar-refractivity contribution in [2.45, 2.75) is 13.3 Å². The summed E-state index contributed by atoms with van der Waals surface area (Å²) in [6, 6.07) is 8.04. The van der Waals surface area contributed by atoms with Crippen LogP contribution in [0.15, 0.2) is 36.4 Å². The second-order valence-electron chi connectivity index (χ2n) is 7.86. The molecule has 0 aromatic heterocycles. The summed E-state index contributed by atoms with van der Waals surface area (Å²) in [7, 11) is 0. The zero-order valence-electron chi connectivity index (χ0n) is 17.4. The Morgan fingerprint density at radius 2 is 1.50 bits per heavy atom. The molecule has 2 aromatic carbocycles. The molecule has 1 saturated heterocycles. The van der Waals surface area contributed by atoms with Crippen LogP contribution in [0, 0.1) is 18.6 Å². The molecule has 0 atom stereocenters. The number of carbonyl (C=O) groups is 4. The highest BCUT2D eigenvalue weighted by molar-refractivity contribution is 6.21. The topological polar surface area (TPSA) is 78.0 Å². The van der Waals surface area contributed by atoms with Crippen molar-refractivity contribution >= 4 is 23.6 Å². The Labute approximate surface area is 183 Å². The second kappa shape index (κ2) is 8.49. The van der Waals surface area contributed by atoms with E-state index in [0.29, 0.717) is 11.1 Å².